The van der Waals surface area contributed by atoms with Gasteiger partial charge in [-0.2, -0.15) is 0 Å². The van der Waals surface area contributed by atoms with Crippen LogP contribution in [0.15, 0.2) is 206 Å². The standard InChI is InChI=1S/C59H40N4O/c1-37-36-60-54(42-17-7-4-8-18-42)35-49(37)41-29-27-40(28-30-41)46-23-14-26-52-56(46)64-55-32-31-45(34-53(55)59(52)50-24-11-9-21-47(50)48-22-10-12-25-51(48)59)58-62-38(2)61-57(63-58)44-20-13-19-43(33-44)39-15-5-3-6-16-39/h3-36H,1-2H3. The van der Waals surface area contributed by atoms with Crippen molar-refractivity contribution in [2.24, 2.45) is 0 Å². The molecule has 0 atom stereocenters. The highest BCUT2D eigenvalue weighted by Crippen LogP contribution is 2.63. The van der Waals surface area contributed by atoms with Gasteiger partial charge in [0.2, 0.25) is 0 Å². The molecule has 8 aromatic carbocycles. The molecular formula is C59H40N4O. The van der Waals surface area contributed by atoms with Gasteiger partial charge >= 0.3 is 0 Å². The summed E-state index contributed by atoms with van der Waals surface area (Å²) in [5, 5.41) is 0. The first-order valence-corrected chi connectivity index (χ1v) is 21.7. The first-order chi connectivity index (χ1) is 31.5. The minimum atomic E-state index is -0.682. The molecule has 0 fully saturated rings. The van der Waals surface area contributed by atoms with Crippen LogP contribution in [0.3, 0.4) is 0 Å². The average Bonchev–Trinajstić information content (AvgIpc) is 3.65. The molecule has 0 bridgehead atoms. The fourth-order valence-electron chi connectivity index (χ4n) is 9.93. The maximum absolute atomic E-state index is 7.18. The van der Waals surface area contributed by atoms with Gasteiger partial charge in [0.15, 0.2) is 11.6 Å². The van der Waals surface area contributed by atoms with Crippen molar-refractivity contribution in [3.63, 3.8) is 0 Å². The molecule has 0 amide bonds. The number of pyridine rings is 1. The van der Waals surface area contributed by atoms with Crippen LogP contribution in [0.25, 0.3) is 78.5 Å². The normalized spacial score (nSPS) is 12.8. The zero-order valence-electron chi connectivity index (χ0n) is 35.3. The number of fused-ring (bicyclic) bond motifs is 9. The van der Waals surface area contributed by atoms with E-state index in [2.05, 4.69) is 195 Å². The SMILES string of the molecule is Cc1nc(-c2cccc(-c3ccccc3)c2)nc(-c2ccc3c(c2)C2(c4ccccc4-c4ccccc42)c2cccc(-c4ccc(-c5cc(-c6ccccc6)ncc5C)cc4)c2O3)n1. The minimum Gasteiger partial charge on any atom is -0.456 e. The number of aryl methyl sites for hydroxylation is 2. The van der Waals surface area contributed by atoms with Crippen LogP contribution < -0.4 is 4.74 Å². The van der Waals surface area contributed by atoms with Crippen molar-refractivity contribution >= 4 is 0 Å². The third-order valence-corrected chi connectivity index (χ3v) is 12.9. The van der Waals surface area contributed by atoms with Gasteiger partial charge in [-0.3, -0.25) is 4.98 Å². The van der Waals surface area contributed by atoms with E-state index in [1.54, 1.807) is 0 Å². The first-order valence-electron chi connectivity index (χ1n) is 21.7. The molecule has 5 heteroatoms. The van der Waals surface area contributed by atoms with Gasteiger partial charge in [0.25, 0.3) is 0 Å². The Kier molecular flexibility index (Phi) is 8.76. The van der Waals surface area contributed by atoms with Gasteiger partial charge in [-0.25, -0.2) is 15.0 Å². The van der Waals surface area contributed by atoms with E-state index in [1.807, 2.05) is 25.3 Å². The zero-order chi connectivity index (χ0) is 42.8. The molecular weight excluding hydrogens is 781 g/mol. The van der Waals surface area contributed by atoms with Gasteiger partial charge in [-0.15, -0.1) is 0 Å². The van der Waals surface area contributed by atoms with E-state index < -0.39 is 5.41 Å². The molecule has 1 spiro atoms. The number of aromatic nitrogens is 4. The lowest BCUT2D eigenvalue weighted by atomic mass is 9.65. The highest BCUT2D eigenvalue weighted by atomic mass is 16.5. The molecule has 2 aromatic heterocycles. The lowest BCUT2D eigenvalue weighted by molar-refractivity contribution is 0.438. The highest BCUT2D eigenvalue weighted by Gasteiger charge is 2.51. The average molecular weight is 821 g/mol. The summed E-state index contributed by atoms with van der Waals surface area (Å²) in [5.41, 5.74) is 18.0. The zero-order valence-corrected chi connectivity index (χ0v) is 35.3. The molecule has 5 nitrogen and oxygen atoms in total. The second-order valence-corrected chi connectivity index (χ2v) is 16.6. The van der Waals surface area contributed by atoms with Gasteiger partial charge in [0, 0.05) is 39.6 Å². The monoisotopic (exact) mass is 820 g/mol. The van der Waals surface area contributed by atoms with Crippen molar-refractivity contribution in [2.75, 3.05) is 0 Å². The Morgan fingerprint density at radius 3 is 1.61 bits per heavy atom. The summed E-state index contributed by atoms with van der Waals surface area (Å²) in [6.45, 7) is 4.06. The summed E-state index contributed by atoms with van der Waals surface area (Å²) in [6.07, 6.45) is 1.97. The molecule has 302 valence electrons. The Morgan fingerprint density at radius 2 is 0.906 bits per heavy atom. The van der Waals surface area contributed by atoms with Crippen molar-refractivity contribution in [2.45, 2.75) is 19.3 Å². The van der Waals surface area contributed by atoms with Crippen LogP contribution in [0.4, 0.5) is 0 Å². The van der Waals surface area contributed by atoms with E-state index >= 15 is 0 Å². The number of hydrogen-bond acceptors (Lipinski definition) is 5. The Labute approximate surface area is 372 Å². The molecule has 10 aromatic rings. The van der Waals surface area contributed by atoms with Crippen molar-refractivity contribution < 1.29 is 4.74 Å². The van der Waals surface area contributed by atoms with Crippen molar-refractivity contribution in [1.82, 2.24) is 19.9 Å². The Balaban J connectivity index is 1.00. The van der Waals surface area contributed by atoms with E-state index in [-0.39, 0.29) is 0 Å². The van der Waals surface area contributed by atoms with Crippen LogP contribution in [0.2, 0.25) is 0 Å². The third kappa shape index (κ3) is 6.00. The Morgan fingerprint density at radius 1 is 0.375 bits per heavy atom. The van der Waals surface area contributed by atoms with Crippen molar-refractivity contribution in [1.29, 1.82) is 0 Å². The summed E-state index contributed by atoms with van der Waals surface area (Å²) in [4.78, 5) is 19.7. The molecule has 64 heavy (non-hydrogen) atoms. The molecule has 3 heterocycles. The molecule has 0 saturated heterocycles. The predicted molar refractivity (Wildman–Crippen MR) is 257 cm³/mol. The van der Waals surface area contributed by atoms with E-state index in [9.17, 15) is 0 Å². The lowest BCUT2D eigenvalue weighted by Crippen LogP contribution is -2.32. The van der Waals surface area contributed by atoms with E-state index in [4.69, 9.17) is 24.7 Å². The van der Waals surface area contributed by atoms with E-state index in [1.165, 1.54) is 22.3 Å². The Hall–Kier alpha value is -8.28. The number of rotatable bonds is 6. The van der Waals surface area contributed by atoms with Crippen LogP contribution in [-0.4, -0.2) is 19.9 Å². The number of para-hydroxylation sites is 1. The minimum absolute atomic E-state index is 0.616. The molecule has 1 aliphatic heterocycles. The fourth-order valence-corrected chi connectivity index (χ4v) is 9.93. The third-order valence-electron chi connectivity index (χ3n) is 12.9. The summed E-state index contributed by atoms with van der Waals surface area (Å²) in [5.74, 6) is 3.56. The predicted octanol–water partition coefficient (Wildman–Crippen LogP) is 14.4. The lowest BCUT2D eigenvalue weighted by Gasteiger charge is -2.40. The molecule has 2 aliphatic rings. The largest absolute Gasteiger partial charge is 0.456 e. The number of nitrogens with zero attached hydrogens (tertiary/aromatic N) is 4. The second kappa shape index (κ2) is 15.0. The summed E-state index contributed by atoms with van der Waals surface area (Å²) in [7, 11) is 0. The van der Waals surface area contributed by atoms with Crippen LogP contribution >= 0.6 is 0 Å². The van der Waals surface area contributed by atoms with Crippen LogP contribution in [0, 0.1) is 13.8 Å². The maximum Gasteiger partial charge on any atom is 0.163 e. The quantitative estimate of drug-likeness (QED) is 0.167. The number of hydrogen-bond donors (Lipinski definition) is 0. The number of benzene rings is 8. The van der Waals surface area contributed by atoms with Crippen molar-refractivity contribution in [3.8, 4) is 90.0 Å². The van der Waals surface area contributed by atoms with Gasteiger partial charge in [0.1, 0.15) is 17.3 Å². The van der Waals surface area contributed by atoms with Gasteiger partial charge in [-0.1, -0.05) is 170 Å². The van der Waals surface area contributed by atoms with Gasteiger partial charge < -0.3 is 4.74 Å². The fraction of sp³-hybridized carbons (Fsp3) is 0.0508. The topological polar surface area (TPSA) is 60.8 Å². The highest BCUT2D eigenvalue weighted by molar-refractivity contribution is 5.91. The first kappa shape index (κ1) is 37.5. The van der Waals surface area contributed by atoms with E-state index in [0.717, 1.165) is 84.0 Å². The molecule has 0 saturated carbocycles. The molecule has 1 aliphatic carbocycles. The maximum atomic E-state index is 7.18. The van der Waals surface area contributed by atoms with Gasteiger partial charge in [0.05, 0.1) is 11.1 Å². The second-order valence-electron chi connectivity index (χ2n) is 16.6. The van der Waals surface area contributed by atoms with Crippen LogP contribution in [0.1, 0.15) is 33.6 Å². The molecule has 0 unspecified atom stereocenters. The molecule has 0 N–H and O–H groups in total. The molecule has 0 radical (unpaired) electrons. The van der Waals surface area contributed by atoms with Crippen LogP contribution in [0.5, 0.6) is 11.5 Å². The summed E-state index contributed by atoms with van der Waals surface area (Å²) in [6, 6.07) is 70.9. The Bertz CT molecular complexity index is 3390. The van der Waals surface area contributed by atoms with E-state index in [0.29, 0.717) is 17.5 Å². The van der Waals surface area contributed by atoms with Gasteiger partial charge in [-0.05, 0) is 99.8 Å². The number of ether oxygens (including phenoxy) is 1. The molecule has 12 rings (SSSR count). The summed E-state index contributed by atoms with van der Waals surface area (Å²) >= 11 is 0. The van der Waals surface area contributed by atoms with Crippen LogP contribution in [-0.2, 0) is 5.41 Å². The smallest absolute Gasteiger partial charge is 0.163 e. The summed E-state index contributed by atoms with van der Waals surface area (Å²) < 4.78 is 7.18. The van der Waals surface area contributed by atoms with Crippen molar-refractivity contribution in [3.05, 3.63) is 240 Å².